The first-order valence-corrected chi connectivity index (χ1v) is 11.9. The summed E-state index contributed by atoms with van der Waals surface area (Å²) < 4.78 is 0. The van der Waals surface area contributed by atoms with Crippen molar-refractivity contribution in [2.24, 2.45) is 5.73 Å². The van der Waals surface area contributed by atoms with E-state index in [-0.39, 0.29) is 25.5 Å². The van der Waals surface area contributed by atoms with Crippen LogP contribution in [0.3, 0.4) is 0 Å². The number of nitrogens with zero attached hydrogens (tertiary/aromatic N) is 1. The molecular weight excluding hydrogens is 446 g/mol. The molecule has 9 nitrogen and oxygen atoms in total. The van der Waals surface area contributed by atoms with Crippen LogP contribution in [0.1, 0.15) is 24.5 Å². The van der Waals surface area contributed by atoms with Gasteiger partial charge in [-0.15, -0.1) is 0 Å². The van der Waals surface area contributed by atoms with Gasteiger partial charge >= 0.3 is 0 Å². The molecule has 35 heavy (non-hydrogen) atoms. The van der Waals surface area contributed by atoms with Crippen molar-refractivity contribution in [3.8, 4) is 0 Å². The molecular formula is C26H33N5O4. The number of carbonyl (C=O) groups is 4. The van der Waals surface area contributed by atoms with Crippen LogP contribution in [-0.2, 0) is 32.0 Å². The Kier molecular flexibility index (Phi) is 9.51. The summed E-state index contributed by atoms with van der Waals surface area (Å²) >= 11 is 0. The average molecular weight is 480 g/mol. The first kappa shape index (κ1) is 26.1. The molecule has 3 rings (SSSR count). The molecule has 186 valence electrons. The Hall–Kier alpha value is -3.56. The Bertz CT molecular complexity index is 1010. The van der Waals surface area contributed by atoms with E-state index in [1.54, 1.807) is 0 Å². The fourth-order valence-corrected chi connectivity index (χ4v) is 3.97. The van der Waals surface area contributed by atoms with E-state index in [1.165, 1.54) is 0 Å². The van der Waals surface area contributed by atoms with Gasteiger partial charge in [0, 0.05) is 13.1 Å². The van der Waals surface area contributed by atoms with Gasteiger partial charge < -0.3 is 21.7 Å². The monoisotopic (exact) mass is 479 g/mol. The van der Waals surface area contributed by atoms with Crippen molar-refractivity contribution in [1.29, 1.82) is 0 Å². The maximum atomic E-state index is 12.9. The lowest BCUT2D eigenvalue weighted by atomic mass is 10.0. The third-order valence-electron chi connectivity index (χ3n) is 5.84. The topological polar surface area (TPSA) is 134 Å². The third kappa shape index (κ3) is 7.46. The van der Waals surface area contributed by atoms with Gasteiger partial charge in [0.1, 0.15) is 6.04 Å². The molecule has 0 aromatic heterocycles. The smallest absolute Gasteiger partial charge is 0.248 e. The number of carbonyl (C=O) groups excluding carboxylic acids is 4. The molecule has 0 radical (unpaired) electrons. The minimum Gasteiger partial charge on any atom is -0.345 e. The van der Waals surface area contributed by atoms with Gasteiger partial charge in [-0.3, -0.25) is 24.1 Å². The molecule has 1 saturated heterocycles. The third-order valence-corrected chi connectivity index (χ3v) is 5.84. The predicted molar refractivity (Wildman–Crippen MR) is 132 cm³/mol. The second-order valence-corrected chi connectivity index (χ2v) is 8.61. The summed E-state index contributed by atoms with van der Waals surface area (Å²) in [6.45, 7) is 1.94. The molecule has 5 N–H and O–H groups in total. The molecule has 1 heterocycles. The zero-order valence-electron chi connectivity index (χ0n) is 19.9. The maximum Gasteiger partial charge on any atom is 0.248 e. The highest BCUT2D eigenvalue weighted by molar-refractivity contribution is 6.00. The summed E-state index contributed by atoms with van der Waals surface area (Å²) in [5.74, 6) is -1.78. The normalized spacial score (nSPS) is 18.3. The first-order chi connectivity index (χ1) is 16.9. The lowest BCUT2D eigenvalue weighted by molar-refractivity contribution is -0.146. The van der Waals surface area contributed by atoms with Gasteiger partial charge in [-0.2, -0.15) is 0 Å². The number of benzene rings is 2. The summed E-state index contributed by atoms with van der Waals surface area (Å²) in [6, 6.07) is 16.8. The van der Waals surface area contributed by atoms with Crippen LogP contribution < -0.4 is 21.7 Å². The number of amides is 4. The molecule has 2 unspecified atom stereocenters. The van der Waals surface area contributed by atoms with Crippen LogP contribution >= 0.6 is 0 Å². The molecule has 0 bridgehead atoms. The number of nitrogens with one attached hydrogen (secondary N) is 3. The standard InChI is InChI=1S/C26H33N5O4/c1-2-13-31(26(35)20(27)14-18-9-5-3-6-10-18)23(32)17-29-24(33)22-16-28-21(25(34)30-22)15-19-11-7-4-8-12-19/h3-12,20-22,28H,2,13-17,27H2,1H3,(H,29,33)(H,30,34)/t20-,21?,22?/m0/s1. The number of piperazine rings is 1. The number of nitrogens with two attached hydrogens (primary N) is 1. The van der Waals surface area contributed by atoms with E-state index in [0.717, 1.165) is 16.0 Å². The fraction of sp³-hybridized carbons (Fsp3) is 0.385. The van der Waals surface area contributed by atoms with Gasteiger partial charge in [-0.25, -0.2) is 0 Å². The van der Waals surface area contributed by atoms with Crippen molar-refractivity contribution in [2.45, 2.75) is 44.3 Å². The highest BCUT2D eigenvalue weighted by atomic mass is 16.2. The van der Waals surface area contributed by atoms with E-state index >= 15 is 0 Å². The van der Waals surface area contributed by atoms with Gasteiger partial charge in [0.2, 0.25) is 23.6 Å². The number of hydrogen-bond acceptors (Lipinski definition) is 6. The average Bonchev–Trinajstić information content (AvgIpc) is 2.87. The molecule has 2 aromatic rings. The van der Waals surface area contributed by atoms with Crippen LogP contribution in [-0.4, -0.2) is 66.3 Å². The Morgan fingerprint density at radius 1 is 1.06 bits per heavy atom. The van der Waals surface area contributed by atoms with E-state index in [0.29, 0.717) is 19.3 Å². The molecule has 0 aliphatic carbocycles. The predicted octanol–water partition coefficient (Wildman–Crippen LogP) is 0.137. The van der Waals surface area contributed by atoms with Crippen molar-refractivity contribution in [1.82, 2.24) is 20.9 Å². The first-order valence-electron chi connectivity index (χ1n) is 11.9. The fourth-order valence-electron chi connectivity index (χ4n) is 3.97. The van der Waals surface area contributed by atoms with Crippen molar-refractivity contribution >= 4 is 23.6 Å². The Labute approximate surface area is 205 Å². The van der Waals surface area contributed by atoms with Gasteiger partial charge in [0.25, 0.3) is 0 Å². The zero-order chi connectivity index (χ0) is 25.2. The summed E-state index contributed by atoms with van der Waals surface area (Å²) in [7, 11) is 0. The highest BCUT2D eigenvalue weighted by Gasteiger charge is 2.32. The summed E-state index contributed by atoms with van der Waals surface area (Å²) in [6.07, 6.45) is 1.38. The summed E-state index contributed by atoms with van der Waals surface area (Å²) in [5.41, 5.74) is 8.00. The number of imide groups is 1. The molecule has 9 heteroatoms. The second kappa shape index (κ2) is 12.8. The van der Waals surface area contributed by atoms with Crippen molar-refractivity contribution in [3.63, 3.8) is 0 Å². The van der Waals surface area contributed by atoms with E-state index in [4.69, 9.17) is 5.73 Å². The minimum atomic E-state index is -0.869. The summed E-state index contributed by atoms with van der Waals surface area (Å²) in [5, 5.41) is 8.35. The zero-order valence-corrected chi connectivity index (χ0v) is 19.9. The molecule has 1 fully saturated rings. The van der Waals surface area contributed by atoms with Crippen LogP contribution in [0.25, 0.3) is 0 Å². The largest absolute Gasteiger partial charge is 0.345 e. The molecule has 4 amide bonds. The quantitative estimate of drug-likeness (QED) is 0.383. The Morgan fingerprint density at radius 3 is 2.29 bits per heavy atom. The van der Waals surface area contributed by atoms with E-state index in [2.05, 4.69) is 16.0 Å². The molecule has 3 atom stereocenters. The lowest BCUT2D eigenvalue weighted by Gasteiger charge is -2.30. The van der Waals surface area contributed by atoms with Gasteiger partial charge in [0.15, 0.2) is 0 Å². The molecule has 1 aliphatic rings. The van der Waals surface area contributed by atoms with Gasteiger partial charge in [-0.1, -0.05) is 67.6 Å². The Balaban J connectivity index is 1.49. The maximum absolute atomic E-state index is 12.9. The molecule has 0 spiro atoms. The molecule has 2 aromatic carbocycles. The van der Waals surface area contributed by atoms with Crippen LogP contribution in [0.2, 0.25) is 0 Å². The van der Waals surface area contributed by atoms with Crippen LogP contribution in [0, 0.1) is 0 Å². The minimum absolute atomic E-state index is 0.207. The van der Waals surface area contributed by atoms with Crippen molar-refractivity contribution < 1.29 is 19.2 Å². The van der Waals surface area contributed by atoms with Gasteiger partial charge in [0.05, 0.1) is 18.6 Å². The SMILES string of the molecule is CCCN(C(=O)CNC(=O)C1CNC(Cc2ccccc2)C(=O)N1)C(=O)[C@@H](N)Cc1ccccc1. The van der Waals surface area contributed by atoms with Crippen molar-refractivity contribution in [3.05, 3.63) is 71.8 Å². The molecule has 0 saturated carbocycles. The number of rotatable bonds is 10. The van der Waals surface area contributed by atoms with E-state index in [1.807, 2.05) is 67.6 Å². The van der Waals surface area contributed by atoms with Crippen LogP contribution in [0.5, 0.6) is 0 Å². The van der Waals surface area contributed by atoms with Gasteiger partial charge in [-0.05, 0) is 30.4 Å². The molecule has 1 aliphatic heterocycles. The lowest BCUT2D eigenvalue weighted by Crippen LogP contribution is -2.63. The van der Waals surface area contributed by atoms with Crippen LogP contribution in [0.15, 0.2) is 60.7 Å². The van der Waals surface area contributed by atoms with E-state index < -0.39 is 35.8 Å². The second-order valence-electron chi connectivity index (χ2n) is 8.61. The van der Waals surface area contributed by atoms with Crippen LogP contribution in [0.4, 0.5) is 0 Å². The van der Waals surface area contributed by atoms with E-state index in [9.17, 15) is 19.2 Å². The number of hydrogen-bond donors (Lipinski definition) is 4. The Morgan fingerprint density at radius 2 is 1.69 bits per heavy atom. The summed E-state index contributed by atoms with van der Waals surface area (Å²) in [4.78, 5) is 51.8. The highest BCUT2D eigenvalue weighted by Crippen LogP contribution is 2.08. The van der Waals surface area contributed by atoms with Crippen molar-refractivity contribution in [2.75, 3.05) is 19.6 Å².